The number of nitrogens with two attached hydrogens (primary N) is 1. The molecule has 0 aliphatic rings. The summed E-state index contributed by atoms with van der Waals surface area (Å²) in [5, 5.41) is 3.17. The van der Waals surface area contributed by atoms with Crippen molar-refractivity contribution < 1.29 is 14.0 Å². The van der Waals surface area contributed by atoms with Crippen LogP contribution < -0.4 is 11.1 Å². The molecule has 2 rings (SSSR count). The van der Waals surface area contributed by atoms with Crippen molar-refractivity contribution in [3.63, 3.8) is 0 Å². The quantitative estimate of drug-likeness (QED) is 0.819. The smallest absolute Gasteiger partial charge is 0.251 e. The van der Waals surface area contributed by atoms with E-state index in [1.54, 1.807) is 6.92 Å². The van der Waals surface area contributed by atoms with Gasteiger partial charge in [-0.25, -0.2) is 4.39 Å². The Bertz CT molecular complexity index is 794. The van der Waals surface area contributed by atoms with E-state index in [0.717, 1.165) is 16.5 Å². The van der Waals surface area contributed by atoms with Crippen LogP contribution in [-0.2, 0) is 4.79 Å². The largest absolute Gasteiger partial charge is 0.365 e. The molecule has 0 radical (unpaired) electrons. The number of aryl methyl sites for hydroxylation is 1. The Morgan fingerprint density at radius 1 is 1.35 bits per heavy atom. The second-order valence-corrected chi connectivity index (χ2v) is 6.44. The van der Waals surface area contributed by atoms with Gasteiger partial charge in [0.05, 0.1) is 10.6 Å². The van der Waals surface area contributed by atoms with E-state index in [4.69, 9.17) is 17.3 Å². The highest BCUT2D eigenvalue weighted by Crippen LogP contribution is 2.32. The molecule has 7 heteroatoms. The molecule has 0 aliphatic heterocycles. The van der Waals surface area contributed by atoms with Gasteiger partial charge in [0.15, 0.2) is 0 Å². The molecular weight excluding hydrogens is 339 g/mol. The fourth-order valence-electron chi connectivity index (χ4n) is 1.99. The molecule has 0 saturated heterocycles. The molecule has 0 spiro atoms. The molecular formula is C16H14ClFN2O2S. The third-order valence-corrected chi connectivity index (χ3v) is 4.72. The maximum absolute atomic E-state index is 13.6. The lowest BCUT2D eigenvalue weighted by Gasteiger charge is -2.03. The van der Waals surface area contributed by atoms with Gasteiger partial charge in [0.2, 0.25) is 5.91 Å². The van der Waals surface area contributed by atoms with Gasteiger partial charge in [-0.1, -0.05) is 17.7 Å². The van der Waals surface area contributed by atoms with Crippen LogP contribution in [0.2, 0.25) is 5.02 Å². The zero-order chi connectivity index (χ0) is 17.1. The third-order valence-electron chi connectivity index (χ3n) is 3.27. The molecule has 1 aromatic carbocycles. The molecule has 0 saturated carbocycles. The molecule has 0 aliphatic carbocycles. The predicted octanol–water partition coefficient (Wildman–Crippen LogP) is 3.91. The van der Waals surface area contributed by atoms with Crippen LogP contribution in [0, 0.1) is 19.7 Å². The molecule has 1 heterocycles. The van der Waals surface area contributed by atoms with Crippen LogP contribution in [0.15, 0.2) is 24.3 Å². The van der Waals surface area contributed by atoms with Gasteiger partial charge < -0.3 is 11.1 Å². The monoisotopic (exact) mass is 352 g/mol. The van der Waals surface area contributed by atoms with Crippen molar-refractivity contribution >= 4 is 45.8 Å². The lowest BCUT2D eigenvalue weighted by molar-refractivity contribution is -0.111. The minimum atomic E-state index is -0.608. The summed E-state index contributed by atoms with van der Waals surface area (Å²) >= 11 is 7.14. The predicted molar refractivity (Wildman–Crippen MR) is 91.4 cm³/mol. The Kier molecular flexibility index (Phi) is 5.18. The summed E-state index contributed by atoms with van der Waals surface area (Å²) in [6.45, 7) is 3.59. The number of rotatable bonds is 4. The summed E-state index contributed by atoms with van der Waals surface area (Å²) in [6.07, 6.45) is 2.43. The SMILES string of the molecule is Cc1sc(NC(=O)/C=C/c2c(F)cccc2Cl)c(C(N)=O)c1C. The maximum Gasteiger partial charge on any atom is 0.251 e. The minimum Gasteiger partial charge on any atom is -0.365 e. The topological polar surface area (TPSA) is 72.2 Å². The summed E-state index contributed by atoms with van der Waals surface area (Å²) in [5.41, 5.74) is 6.49. The van der Waals surface area contributed by atoms with Crippen LogP contribution in [-0.4, -0.2) is 11.8 Å². The van der Waals surface area contributed by atoms with Gasteiger partial charge in [0, 0.05) is 16.5 Å². The Morgan fingerprint density at radius 3 is 2.65 bits per heavy atom. The van der Waals surface area contributed by atoms with E-state index in [0.29, 0.717) is 5.00 Å². The molecule has 23 heavy (non-hydrogen) atoms. The second-order valence-electron chi connectivity index (χ2n) is 4.81. The van der Waals surface area contributed by atoms with Gasteiger partial charge in [-0.3, -0.25) is 9.59 Å². The number of primary amides is 1. The van der Waals surface area contributed by atoms with Gasteiger partial charge in [-0.15, -0.1) is 11.3 Å². The highest BCUT2D eigenvalue weighted by molar-refractivity contribution is 7.16. The van der Waals surface area contributed by atoms with Gasteiger partial charge in [-0.05, 0) is 37.6 Å². The van der Waals surface area contributed by atoms with Gasteiger partial charge in [-0.2, -0.15) is 0 Å². The van der Waals surface area contributed by atoms with Crippen molar-refractivity contribution in [2.75, 3.05) is 5.32 Å². The first-order valence-corrected chi connectivity index (χ1v) is 7.83. The number of anilines is 1. The summed E-state index contributed by atoms with van der Waals surface area (Å²) in [5.74, 6) is -1.64. The van der Waals surface area contributed by atoms with E-state index in [1.165, 1.54) is 35.6 Å². The molecule has 0 atom stereocenters. The number of carbonyl (C=O) groups excluding carboxylic acids is 2. The molecule has 2 aromatic rings. The average molecular weight is 353 g/mol. The van der Waals surface area contributed by atoms with Gasteiger partial charge in [0.25, 0.3) is 5.91 Å². The van der Waals surface area contributed by atoms with E-state index < -0.39 is 17.6 Å². The van der Waals surface area contributed by atoms with Crippen molar-refractivity contribution in [2.24, 2.45) is 5.73 Å². The summed E-state index contributed by atoms with van der Waals surface area (Å²) in [7, 11) is 0. The third kappa shape index (κ3) is 3.78. The average Bonchev–Trinajstić information content (AvgIpc) is 2.73. The minimum absolute atomic E-state index is 0.123. The number of benzene rings is 1. The van der Waals surface area contributed by atoms with E-state index in [2.05, 4.69) is 5.32 Å². The highest BCUT2D eigenvalue weighted by atomic mass is 35.5. The second kappa shape index (κ2) is 6.93. The number of hydrogen-bond acceptors (Lipinski definition) is 3. The molecule has 0 bridgehead atoms. The number of amides is 2. The fourth-order valence-corrected chi connectivity index (χ4v) is 3.29. The van der Waals surface area contributed by atoms with E-state index >= 15 is 0 Å². The molecule has 1 aromatic heterocycles. The van der Waals surface area contributed by atoms with Gasteiger partial charge >= 0.3 is 0 Å². The molecule has 3 N–H and O–H groups in total. The first kappa shape index (κ1) is 17.2. The van der Waals surface area contributed by atoms with Crippen LogP contribution >= 0.6 is 22.9 Å². The number of hydrogen-bond donors (Lipinski definition) is 2. The standard InChI is InChI=1S/C16H14ClFN2O2S/c1-8-9(2)23-16(14(8)15(19)22)20-13(21)7-6-10-11(17)4-3-5-12(10)18/h3-7H,1-2H3,(H2,19,22)(H,20,21)/b7-6+. The Morgan fingerprint density at radius 2 is 2.04 bits per heavy atom. The summed E-state index contributed by atoms with van der Waals surface area (Å²) in [4.78, 5) is 24.4. The van der Waals surface area contributed by atoms with Crippen LogP contribution in [0.25, 0.3) is 6.08 Å². The molecule has 0 fully saturated rings. The lowest BCUT2D eigenvalue weighted by Crippen LogP contribution is -2.16. The van der Waals surface area contributed by atoms with Crippen LogP contribution in [0.4, 0.5) is 9.39 Å². The van der Waals surface area contributed by atoms with Crippen LogP contribution in [0.3, 0.4) is 0 Å². The zero-order valence-corrected chi connectivity index (χ0v) is 14.0. The fraction of sp³-hybridized carbons (Fsp3) is 0.125. The highest BCUT2D eigenvalue weighted by Gasteiger charge is 2.18. The van der Waals surface area contributed by atoms with E-state index in [1.807, 2.05) is 6.92 Å². The maximum atomic E-state index is 13.6. The number of carbonyl (C=O) groups is 2. The van der Waals surface area contributed by atoms with Crippen molar-refractivity contribution in [2.45, 2.75) is 13.8 Å². The van der Waals surface area contributed by atoms with Crippen molar-refractivity contribution in [3.05, 3.63) is 56.7 Å². The first-order chi connectivity index (χ1) is 10.8. The molecule has 2 amide bonds. The van der Waals surface area contributed by atoms with E-state index in [9.17, 15) is 14.0 Å². The Labute approximate surface area is 141 Å². The zero-order valence-electron chi connectivity index (χ0n) is 12.4. The lowest BCUT2D eigenvalue weighted by atomic mass is 10.1. The van der Waals surface area contributed by atoms with Crippen molar-refractivity contribution in [3.8, 4) is 0 Å². The Balaban J connectivity index is 2.22. The van der Waals surface area contributed by atoms with Crippen molar-refractivity contribution in [1.29, 1.82) is 0 Å². The first-order valence-electron chi connectivity index (χ1n) is 6.64. The number of nitrogens with one attached hydrogen (secondary N) is 1. The number of halogens is 2. The van der Waals surface area contributed by atoms with Gasteiger partial charge in [0.1, 0.15) is 10.8 Å². The molecule has 120 valence electrons. The van der Waals surface area contributed by atoms with Crippen LogP contribution in [0.5, 0.6) is 0 Å². The van der Waals surface area contributed by atoms with Crippen LogP contribution in [0.1, 0.15) is 26.4 Å². The normalized spacial score (nSPS) is 11.0. The van der Waals surface area contributed by atoms with E-state index in [-0.39, 0.29) is 16.1 Å². The molecule has 0 unspecified atom stereocenters. The molecule has 4 nitrogen and oxygen atoms in total. The van der Waals surface area contributed by atoms with Crippen molar-refractivity contribution in [1.82, 2.24) is 0 Å². The number of thiophene rings is 1. The summed E-state index contributed by atoms with van der Waals surface area (Å²) in [6, 6.07) is 4.26. The summed E-state index contributed by atoms with van der Waals surface area (Å²) < 4.78 is 13.6. The Hall–Kier alpha value is -2.18.